The van der Waals surface area contributed by atoms with Crippen molar-refractivity contribution in [1.29, 1.82) is 0 Å². The van der Waals surface area contributed by atoms with E-state index < -0.39 is 0 Å². The maximum absolute atomic E-state index is 4.60. The van der Waals surface area contributed by atoms with E-state index >= 15 is 0 Å². The third-order valence-electron chi connectivity index (χ3n) is 0. The normalized spacial score (nSPS) is 2.25. The summed E-state index contributed by atoms with van der Waals surface area (Å²) >= 11 is 0. The largest absolute Gasteiger partial charge is 0.124 e. The van der Waals surface area contributed by atoms with Gasteiger partial charge in [-0.2, -0.15) is 0 Å². The van der Waals surface area contributed by atoms with E-state index in [1.54, 1.807) is 6.92 Å². The van der Waals surface area contributed by atoms with Crippen LogP contribution in [0, 0.1) is 25.2 Å². The Labute approximate surface area is 108 Å². The summed E-state index contributed by atoms with van der Waals surface area (Å²) in [6.07, 6.45) is 12.6. The predicted molar refractivity (Wildman–Crippen MR) is 87.7 cm³/mol. The molecule has 0 spiro atoms. The van der Waals surface area contributed by atoms with Crippen molar-refractivity contribution in [2.24, 2.45) is 0 Å². The summed E-state index contributed by atoms with van der Waals surface area (Å²) in [5.41, 5.74) is 0. The Kier molecular flexibility index (Phi) is 52300. The molecular weight excluding hydrogens is 192 g/mol. The summed E-state index contributed by atoms with van der Waals surface area (Å²) in [5.74, 6) is 2.25. The lowest BCUT2D eigenvalue weighted by Crippen LogP contribution is -1.10. The van der Waals surface area contributed by atoms with Crippen LogP contribution >= 0.6 is 0 Å². The SMILES string of the molecule is C.C#C.C#CC.C=C.C=C.CC.CC.CC. The van der Waals surface area contributed by atoms with Crippen LogP contribution in [0.3, 0.4) is 0 Å². The van der Waals surface area contributed by atoms with Gasteiger partial charge in [0, 0.05) is 0 Å². The van der Waals surface area contributed by atoms with Gasteiger partial charge in [0.15, 0.2) is 0 Å². The molecule has 0 nitrogen and oxygen atoms in total. The van der Waals surface area contributed by atoms with Crippen molar-refractivity contribution in [2.75, 3.05) is 0 Å². The highest BCUT2D eigenvalue weighted by molar-refractivity contribution is 4.73. The summed E-state index contributed by atoms with van der Waals surface area (Å²) in [5, 5.41) is 0. The minimum atomic E-state index is 0. The van der Waals surface area contributed by atoms with Gasteiger partial charge in [-0.3, -0.25) is 0 Å². The van der Waals surface area contributed by atoms with Crippen molar-refractivity contribution in [1.82, 2.24) is 0 Å². The summed E-state index contributed by atoms with van der Waals surface area (Å²) < 4.78 is 0. The molecule has 100 valence electrons. The topological polar surface area (TPSA) is 0 Å². The summed E-state index contributed by atoms with van der Waals surface area (Å²) in [7, 11) is 0. The minimum Gasteiger partial charge on any atom is -0.124 e. The fourth-order valence-corrected chi connectivity index (χ4v) is 0. The first-order valence-corrected chi connectivity index (χ1v) is 5.12. The molecule has 0 saturated heterocycles. The quantitative estimate of drug-likeness (QED) is 0.341. The van der Waals surface area contributed by atoms with Crippen molar-refractivity contribution >= 4 is 0 Å². The molecule has 0 rings (SSSR count). The second kappa shape index (κ2) is 13500. The van der Waals surface area contributed by atoms with Gasteiger partial charge < -0.3 is 0 Å². The summed E-state index contributed by atoms with van der Waals surface area (Å²) in [6, 6.07) is 0. The van der Waals surface area contributed by atoms with Gasteiger partial charge in [0.2, 0.25) is 0 Å². The Morgan fingerprint density at radius 1 is 0.688 bits per heavy atom. The molecule has 0 atom stereocenters. The van der Waals surface area contributed by atoms with E-state index in [-0.39, 0.29) is 7.43 Å². The van der Waals surface area contributed by atoms with Gasteiger partial charge in [-0.05, 0) is 6.92 Å². The summed E-state index contributed by atoms with van der Waals surface area (Å²) in [4.78, 5) is 0. The fourth-order valence-electron chi connectivity index (χ4n) is 0. The van der Waals surface area contributed by atoms with Crippen LogP contribution in [0.15, 0.2) is 26.3 Å². The lowest BCUT2D eigenvalue weighted by atomic mass is 10.9. The Balaban J connectivity index is -0.00000000777. The van der Waals surface area contributed by atoms with Crippen LogP contribution in [-0.2, 0) is 0 Å². The van der Waals surface area contributed by atoms with Crippen molar-refractivity contribution in [3.05, 3.63) is 26.3 Å². The van der Waals surface area contributed by atoms with E-state index in [4.69, 9.17) is 0 Å². The Morgan fingerprint density at radius 3 is 0.688 bits per heavy atom. The molecule has 0 N–H and O–H groups in total. The van der Waals surface area contributed by atoms with Crippen LogP contribution < -0.4 is 0 Å². The second-order valence-electron chi connectivity index (χ2n) is 0.289. The van der Waals surface area contributed by atoms with Gasteiger partial charge in [-0.25, -0.2) is 0 Å². The molecule has 0 fully saturated rings. The van der Waals surface area contributed by atoms with Crippen LogP contribution in [-0.4, -0.2) is 0 Å². The smallest absolute Gasteiger partial charge is 0.00297 e. The fraction of sp³-hybridized carbons (Fsp3) is 0.500. The lowest BCUT2D eigenvalue weighted by molar-refractivity contribution is 1.50. The van der Waals surface area contributed by atoms with Crippen molar-refractivity contribution in [2.45, 2.75) is 55.9 Å². The molecule has 0 aliphatic heterocycles. The molecule has 0 bridgehead atoms. The molecule has 0 heterocycles. The maximum Gasteiger partial charge on any atom is -0.00297 e. The van der Waals surface area contributed by atoms with Gasteiger partial charge >= 0.3 is 0 Å². The molecule has 0 radical (unpaired) electrons. The zero-order valence-electron chi connectivity index (χ0n) is 12.1. The Bertz CT molecular complexity index is 59.8. The Morgan fingerprint density at radius 2 is 0.688 bits per heavy atom. The molecule has 0 amide bonds. The van der Waals surface area contributed by atoms with Crippen molar-refractivity contribution in [3.63, 3.8) is 0 Å². The first-order chi connectivity index (χ1) is 7.41. The van der Waals surface area contributed by atoms with Crippen LogP contribution in [0.5, 0.6) is 0 Å². The van der Waals surface area contributed by atoms with Crippen molar-refractivity contribution in [3.8, 4) is 25.2 Å². The number of terminal acetylenes is 2. The first-order valence-electron chi connectivity index (χ1n) is 5.12. The molecule has 0 aromatic carbocycles. The van der Waals surface area contributed by atoms with Gasteiger partial charge in [0.1, 0.15) is 0 Å². The molecule has 0 unspecified atom stereocenters. The van der Waals surface area contributed by atoms with Crippen LogP contribution in [0.4, 0.5) is 0 Å². The zero-order chi connectivity index (χ0) is 14.7. The average molecular weight is 228 g/mol. The van der Waals surface area contributed by atoms with Crippen molar-refractivity contribution < 1.29 is 0 Å². The Hall–Kier alpha value is -1.40. The highest BCUT2D eigenvalue weighted by Crippen LogP contribution is 1.21. The monoisotopic (exact) mass is 228 g/mol. The van der Waals surface area contributed by atoms with E-state index in [1.165, 1.54) is 0 Å². The predicted octanol–water partition coefficient (Wildman–Crippen LogP) is 6.21. The van der Waals surface area contributed by atoms with E-state index in [9.17, 15) is 0 Å². The minimum absolute atomic E-state index is 0. The molecular formula is C16H36. The molecule has 0 aliphatic carbocycles. The number of rotatable bonds is 0. The first kappa shape index (κ1) is 62.0. The summed E-state index contributed by atoms with van der Waals surface area (Å²) in [6.45, 7) is 25.7. The standard InChI is InChI=1S/C3H4.3C2H6.2C2H4.C2H2.CH4/c1-3-2;6*1-2;/h1H,2H3;3*1-2H3;2*1-2H2;1-2H;1H4. The van der Waals surface area contributed by atoms with Gasteiger partial charge in [-0.15, -0.1) is 51.5 Å². The van der Waals surface area contributed by atoms with Gasteiger partial charge in [0.05, 0.1) is 0 Å². The third kappa shape index (κ3) is 865. The zero-order valence-corrected chi connectivity index (χ0v) is 12.1. The van der Waals surface area contributed by atoms with Gasteiger partial charge in [0.25, 0.3) is 0 Å². The molecule has 16 heavy (non-hydrogen) atoms. The van der Waals surface area contributed by atoms with Crippen LogP contribution in [0.1, 0.15) is 55.9 Å². The van der Waals surface area contributed by atoms with E-state index in [2.05, 4.69) is 51.5 Å². The second-order valence-corrected chi connectivity index (χ2v) is 0.289. The van der Waals surface area contributed by atoms with Gasteiger partial charge in [-0.1, -0.05) is 49.0 Å². The number of hydrogen-bond donors (Lipinski definition) is 0. The highest BCUT2D eigenvalue weighted by Gasteiger charge is 1.09. The molecule has 0 aromatic rings. The number of hydrogen-bond acceptors (Lipinski definition) is 0. The maximum atomic E-state index is 4.60. The molecule has 0 aliphatic rings. The van der Waals surface area contributed by atoms with E-state index in [1.807, 2.05) is 41.5 Å². The van der Waals surface area contributed by atoms with Crippen LogP contribution in [0.2, 0.25) is 0 Å². The lowest BCUT2D eigenvalue weighted by Gasteiger charge is -1.23. The van der Waals surface area contributed by atoms with E-state index in [0.717, 1.165) is 0 Å². The average Bonchev–Trinajstić information content (AvgIpc) is 2.44. The third-order valence-corrected chi connectivity index (χ3v) is 0. The highest BCUT2D eigenvalue weighted by atomic mass is 13.2. The van der Waals surface area contributed by atoms with Crippen LogP contribution in [0.25, 0.3) is 0 Å². The molecule has 0 heteroatoms. The molecule has 0 saturated carbocycles. The van der Waals surface area contributed by atoms with E-state index in [0.29, 0.717) is 0 Å². The molecule has 0 aromatic heterocycles.